The number of rotatable bonds is 4. The smallest absolute Gasteiger partial charge is 0.160 e. The molecule has 2 aromatic rings. The second-order valence-electron chi connectivity index (χ2n) is 4.41. The largest absolute Gasteiger partial charge is 0.327 e. The number of hydrogen-bond acceptors (Lipinski definition) is 3. The number of hydrogen-bond donors (Lipinski definition) is 1. The molecule has 0 radical (unpaired) electrons. The third-order valence-electron chi connectivity index (χ3n) is 2.90. The van der Waals surface area contributed by atoms with E-state index in [1.807, 2.05) is 0 Å². The van der Waals surface area contributed by atoms with Crippen molar-refractivity contribution in [2.45, 2.75) is 25.8 Å². The van der Waals surface area contributed by atoms with Crippen LogP contribution in [0.5, 0.6) is 0 Å². The molecule has 0 saturated carbocycles. The highest BCUT2D eigenvalue weighted by molar-refractivity contribution is 9.10. The minimum atomic E-state index is -0.291. The predicted molar refractivity (Wildman–Crippen MR) is 77.1 cm³/mol. The summed E-state index contributed by atoms with van der Waals surface area (Å²) >= 11 is 3.31. The third-order valence-corrected chi connectivity index (χ3v) is 3.56. The molecule has 1 aromatic carbocycles. The zero-order chi connectivity index (χ0) is 13.8. The van der Waals surface area contributed by atoms with Gasteiger partial charge in [0.1, 0.15) is 5.82 Å². The Balaban J connectivity index is 2.22. The summed E-state index contributed by atoms with van der Waals surface area (Å²) in [6.07, 6.45) is 5.23. The zero-order valence-corrected chi connectivity index (χ0v) is 12.2. The normalized spacial score (nSPS) is 12.4. The molecule has 2 rings (SSSR count). The van der Waals surface area contributed by atoms with Crippen molar-refractivity contribution >= 4 is 15.9 Å². The van der Waals surface area contributed by atoms with Crippen LogP contribution in [0.2, 0.25) is 0 Å². The van der Waals surface area contributed by atoms with Gasteiger partial charge in [0.2, 0.25) is 0 Å². The van der Waals surface area contributed by atoms with Crippen LogP contribution >= 0.6 is 15.9 Å². The van der Waals surface area contributed by atoms with Gasteiger partial charge in [-0.25, -0.2) is 14.4 Å². The lowest BCUT2D eigenvalue weighted by Crippen LogP contribution is -2.21. The molecule has 0 bridgehead atoms. The Morgan fingerprint density at radius 3 is 2.58 bits per heavy atom. The van der Waals surface area contributed by atoms with Crippen LogP contribution in [-0.4, -0.2) is 16.0 Å². The monoisotopic (exact) mass is 323 g/mol. The van der Waals surface area contributed by atoms with Crippen LogP contribution in [-0.2, 0) is 6.42 Å². The standard InChI is InChI=1S/C14H15BrFN3/c1-2-11(17)5-9-7-18-14(19-8-9)12-4-3-10(16)6-13(12)15/h3-4,6-8,11H,2,5,17H2,1H3. The fraction of sp³-hybridized carbons (Fsp3) is 0.286. The zero-order valence-electron chi connectivity index (χ0n) is 10.6. The summed E-state index contributed by atoms with van der Waals surface area (Å²) < 4.78 is 13.7. The molecule has 100 valence electrons. The fourth-order valence-electron chi connectivity index (χ4n) is 1.72. The average molecular weight is 324 g/mol. The van der Waals surface area contributed by atoms with Gasteiger partial charge >= 0.3 is 0 Å². The minimum absolute atomic E-state index is 0.131. The molecule has 0 amide bonds. The number of nitrogens with two attached hydrogens (primary N) is 1. The molecule has 1 aromatic heterocycles. The number of benzene rings is 1. The molecule has 0 saturated heterocycles. The van der Waals surface area contributed by atoms with Crippen molar-refractivity contribution in [2.24, 2.45) is 5.73 Å². The highest BCUT2D eigenvalue weighted by atomic mass is 79.9. The van der Waals surface area contributed by atoms with Gasteiger partial charge in [0.15, 0.2) is 5.82 Å². The molecular weight excluding hydrogens is 309 g/mol. The minimum Gasteiger partial charge on any atom is -0.327 e. The Bertz CT molecular complexity index is 557. The van der Waals surface area contributed by atoms with Crippen molar-refractivity contribution < 1.29 is 4.39 Å². The van der Waals surface area contributed by atoms with E-state index < -0.39 is 0 Å². The maximum Gasteiger partial charge on any atom is 0.160 e. The molecule has 1 heterocycles. The highest BCUT2D eigenvalue weighted by Gasteiger charge is 2.08. The van der Waals surface area contributed by atoms with E-state index in [2.05, 4.69) is 32.8 Å². The summed E-state index contributed by atoms with van der Waals surface area (Å²) in [5.41, 5.74) is 7.67. The first-order valence-corrected chi connectivity index (χ1v) is 6.91. The van der Waals surface area contributed by atoms with Crippen LogP contribution in [0.25, 0.3) is 11.4 Å². The van der Waals surface area contributed by atoms with Crippen molar-refractivity contribution in [3.63, 3.8) is 0 Å². The van der Waals surface area contributed by atoms with Crippen LogP contribution in [0, 0.1) is 5.82 Å². The second kappa shape index (κ2) is 6.21. The first kappa shape index (κ1) is 14.1. The Morgan fingerprint density at radius 2 is 2.00 bits per heavy atom. The Hall–Kier alpha value is -1.33. The van der Waals surface area contributed by atoms with Crippen LogP contribution in [0.4, 0.5) is 4.39 Å². The van der Waals surface area contributed by atoms with Crippen molar-refractivity contribution in [3.8, 4) is 11.4 Å². The molecule has 0 aliphatic heterocycles. The first-order chi connectivity index (χ1) is 9.10. The van der Waals surface area contributed by atoms with Gasteiger partial charge in [-0.3, -0.25) is 0 Å². The van der Waals surface area contributed by atoms with E-state index in [0.29, 0.717) is 10.3 Å². The van der Waals surface area contributed by atoms with Gasteiger partial charge in [0, 0.05) is 28.5 Å². The average Bonchev–Trinajstić information content (AvgIpc) is 2.40. The van der Waals surface area contributed by atoms with Crippen LogP contribution in [0.1, 0.15) is 18.9 Å². The lowest BCUT2D eigenvalue weighted by atomic mass is 10.1. The molecule has 3 nitrogen and oxygen atoms in total. The van der Waals surface area contributed by atoms with Crippen LogP contribution in [0.3, 0.4) is 0 Å². The van der Waals surface area contributed by atoms with Crippen molar-refractivity contribution in [1.82, 2.24) is 9.97 Å². The highest BCUT2D eigenvalue weighted by Crippen LogP contribution is 2.26. The molecule has 0 spiro atoms. The van der Waals surface area contributed by atoms with Crippen LogP contribution < -0.4 is 5.73 Å². The topological polar surface area (TPSA) is 51.8 Å². The van der Waals surface area contributed by atoms with Gasteiger partial charge in [0.25, 0.3) is 0 Å². The van der Waals surface area contributed by atoms with Gasteiger partial charge in [-0.2, -0.15) is 0 Å². The van der Waals surface area contributed by atoms with Crippen molar-refractivity contribution in [1.29, 1.82) is 0 Å². The van der Waals surface area contributed by atoms with E-state index in [9.17, 15) is 4.39 Å². The van der Waals surface area contributed by atoms with E-state index in [0.717, 1.165) is 24.0 Å². The summed E-state index contributed by atoms with van der Waals surface area (Å²) in [7, 11) is 0. The van der Waals surface area contributed by atoms with Gasteiger partial charge in [-0.05, 0) is 52.5 Å². The Kier molecular flexibility index (Phi) is 4.61. The molecule has 1 atom stereocenters. The second-order valence-corrected chi connectivity index (χ2v) is 5.27. The maximum atomic E-state index is 13.0. The molecule has 19 heavy (non-hydrogen) atoms. The summed E-state index contributed by atoms with van der Waals surface area (Å²) in [5.74, 6) is 0.279. The number of aromatic nitrogens is 2. The fourth-order valence-corrected chi connectivity index (χ4v) is 2.25. The Morgan fingerprint density at radius 1 is 1.32 bits per heavy atom. The maximum absolute atomic E-state index is 13.0. The first-order valence-electron chi connectivity index (χ1n) is 6.12. The predicted octanol–water partition coefficient (Wildman–Crippen LogP) is 3.33. The van der Waals surface area contributed by atoms with Crippen molar-refractivity contribution in [2.75, 3.05) is 0 Å². The van der Waals surface area contributed by atoms with E-state index in [1.54, 1.807) is 18.5 Å². The van der Waals surface area contributed by atoms with Gasteiger partial charge < -0.3 is 5.73 Å². The molecule has 0 aliphatic rings. The molecule has 0 fully saturated rings. The SMILES string of the molecule is CCC(N)Cc1cnc(-c2ccc(F)cc2Br)nc1. The van der Waals surface area contributed by atoms with E-state index in [-0.39, 0.29) is 11.9 Å². The number of nitrogens with zero attached hydrogens (tertiary/aromatic N) is 2. The third kappa shape index (κ3) is 3.58. The van der Waals surface area contributed by atoms with Gasteiger partial charge in [-0.1, -0.05) is 6.92 Å². The quantitative estimate of drug-likeness (QED) is 0.938. The van der Waals surface area contributed by atoms with Crippen molar-refractivity contribution in [3.05, 3.63) is 46.4 Å². The van der Waals surface area contributed by atoms with E-state index in [1.165, 1.54) is 12.1 Å². The summed E-state index contributed by atoms with van der Waals surface area (Å²) in [4.78, 5) is 8.62. The van der Waals surface area contributed by atoms with Crippen LogP contribution in [0.15, 0.2) is 35.1 Å². The molecule has 5 heteroatoms. The molecule has 1 unspecified atom stereocenters. The number of halogens is 2. The summed E-state index contributed by atoms with van der Waals surface area (Å²) in [6.45, 7) is 2.05. The molecule has 0 aliphatic carbocycles. The van der Waals surface area contributed by atoms with Gasteiger partial charge in [-0.15, -0.1) is 0 Å². The lowest BCUT2D eigenvalue weighted by Gasteiger charge is -2.08. The molecule has 2 N–H and O–H groups in total. The summed E-state index contributed by atoms with van der Waals surface area (Å²) in [5, 5.41) is 0. The van der Waals surface area contributed by atoms with Gasteiger partial charge in [0.05, 0.1) is 0 Å². The summed E-state index contributed by atoms with van der Waals surface area (Å²) in [6, 6.07) is 4.59. The molecular formula is C14H15BrFN3. The van der Waals surface area contributed by atoms with E-state index >= 15 is 0 Å². The van der Waals surface area contributed by atoms with E-state index in [4.69, 9.17) is 5.73 Å². The Labute approximate surface area is 120 Å². The lowest BCUT2D eigenvalue weighted by molar-refractivity contribution is 0.627.